The van der Waals surface area contributed by atoms with Crippen LogP contribution in [0.2, 0.25) is 10.0 Å². The van der Waals surface area contributed by atoms with Crippen LogP contribution in [0, 0.1) is 5.92 Å². The summed E-state index contributed by atoms with van der Waals surface area (Å²) in [6.45, 7) is 11.8. The molecule has 628 valence electrons. The number of benzene rings is 5. The number of aliphatic hydroxyl groups excluding tert-OH is 8. The average Bonchev–Trinajstić information content (AvgIpc) is 0.768. The number of carbonyl (C=O) groups is 8. The lowest BCUT2D eigenvalue weighted by Gasteiger charge is -2.47. The average molecular weight is 1650 g/mol. The first kappa shape index (κ1) is 89.6. The molecule has 0 spiro atoms. The number of ether oxygens (including phenoxy) is 6. The summed E-state index contributed by atoms with van der Waals surface area (Å²) in [4.78, 5) is 117. The molecule has 37 nitrogen and oxygen atoms in total. The Bertz CT molecular complexity index is 4330. The lowest BCUT2D eigenvalue weighted by atomic mass is 9.86. The number of rotatable bonds is 22. The van der Waals surface area contributed by atoms with Crippen LogP contribution in [-0.2, 0) is 52.6 Å². The lowest BCUT2D eigenvalue weighted by Crippen LogP contribution is -2.64. The van der Waals surface area contributed by atoms with E-state index in [1.54, 1.807) is 0 Å². The number of amides is 7. The first-order chi connectivity index (χ1) is 54.4. The van der Waals surface area contributed by atoms with Gasteiger partial charge in [-0.05, 0) is 123 Å². The fourth-order valence-electron chi connectivity index (χ4n) is 13.7. The van der Waals surface area contributed by atoms with E-state index >= 15 is 14.4 Å². The molecule has 25 N–H and O–H groups in total. The molecule has 12 rings (SSSR count). The van der Waals surface area contributed by atoms with Crippen molar-refractivity contribution in [2.45, 2.75) is 195 Å². The van der Waals surface area contributed by atoms with Crippen LogP contribution in [0.1, 0.15) is 132 Å². The van der Waals surface area contributed by atoms with Crippen molar-refractivity contribution in [1.29, 1.82) is 0 Å². The third-order valence-corrected chi connectivity index (χ3v) is 20.8. The molecule has 7 aliphatic heterocycles. The van der Waals surface area contributed by atoms with Crippen LogP contribution in [0.5, 0.6) is 46.0 Å². The van der Waals surface area contributed by atoms with E-state index in [1.165, 1.54) is 33.0 Å². The Morgan fingerprint density at radius 3 is 1.79 bits per heavy atom. The minimum absolute atomic E-state index is 0.0975. The number of aliphatic hydroxyl groups is 8. The van der Waals surface area contributed by atoms with E-state index in [2.05, 4.69) is 47.9 Å². The Labute approximate surface area is 669 Å². The number of hydrogen-bond acceptors (Lipinski definition) is 29. The van der Waals surface area contributed by atoms with Crippen LogP contribution in [0.25, 0.3) is 11.1 Å². The van der Waals surface area contributed by atoms with E-state index in [-0.39, 0.29) is 71.5 Å². The molecule has 0 aliphatic carbocycles. The lowest BCUT2D eigenvalue weighted by molar-refractivity contribution is -0.333. The predicted molar refractivity (Wildman–Crippen MR) is 408 cm³/mol. The zero-order chi connectivity index (χ0) is 84.4. The Morgan fingerprint density at radius 1 is 0.678 bits per heavy atom. The van der Waals surface area contributed by atoms with Crippen LogP contribution in [0.15, 0.2) is 78.9 Å². The van der Waals surface area contributed by atoms with Crippen molar-refractivity contribution in [1.82, 2.24) is 47.9 Å². The van der Waals surface area contributed by atoms with Gasteiger partial charge >= 0.3 is 5.97 Å². The zero-order valence-corrected chi connectivity index (χ0v) is 65.1. The maximum Gasteiger partial charge on any atom is 0.330 e. The number of carboxylic acids is 1. The molecule has 7 aliphatic rings. The summed E-state index contributed by atoms with van der Waals surface area (Å²) in [7, 11) is 1.47. The number of phenols is 3. The minimum atomic E-state index is -2.35. The number of primary amides is 1. The number of phenolic OH excluding ortho intramolecular Hbond substituents is 3. The topological polar surface area (TPSA) is 595 Å². The number of fused-ring (bicyclic) bond motifs is 15. The molecule has 0 saturated carbocycles. The second-order valence-electron chi connectivity index (χ2n) is 29.2. The van der Waals surface area contributed by atoms with Gasteiger partial charge in [-0.15, -0.1) is 0 Å². The van der Waals surface area contributed by atoms with Gasteiger partial charge in [-0.2, -0.15) is 0 Å². The number of hydrogen-bond donors (Lipinski definition) is 23. The monoisotopic (exact) mass is 1650 g/mol. The number of aliphatic carboxylic acids is 1. The summed E-state index contributed by atoms with van der Waals surface area (Å²) in [5, 5.41) is 155. The maximum atomic E-state index is 16.0. The van der Waals surface area contributed by atoms with Gasteiger partial charge in [0.05, 0.1) is 54.5 Å². The van der Waals surface area contributed by atoms with Crippen molar-refractivity contribution >= 4 is 70.5 Å². The van der Waals surface area contributed by atoms with E-state index in [0.29, 0.717) is 0 Å². The van der Waals surface area contributed by atoms with Crippen LogP contribution < -0.4 is 73.5 Å². The summed E-state index contributed by atoms with van der Waals surface area (Å²) in [5.41, 5.74) is 8.00. The number of carbonyl (C=O) groups excluding carboxylic acids is 7. The summed E-state index contributed by atoms with van der Waals surface area (Å²) in [6.07, 6.45) is -16.7. The fourth-order valence-corrected chi connectivity index (χ4v) is 14.2. The fraction of sp³-hybridized carbons (Fsp3) is 0.500. The molecule has 5 aromatic rings. The summed E-state index contributed by atoms with van der Waals surface area (Å²) in [5.74, 6) is -16.0. The van der Waals surface area contributed by atoms with Gasteiger partial charge in [0.25, 0.3) is 0 Å². The Balaban J connectivity index is 0.000000982. The Morgan fingerprint density at radius 2 is 1.25 bits per heavy atom. The molecule has 115 heavy (non-hydrogen) atoms. The normalized spacial score (nSPS) is 27.7. The van der Waals surface area contributed by atoms with Gasteiger partial charge in [0, 0.05) is 59.9 Å². The molecule has 11 bridgehead atoms. The standard InChI is InChI=1S/C66H75Cl2N9O24.C10H24N2O2/c1-23(2)12-34(71-5)58(88)76-49-51(83)26-7-10-38(32(67)14-26)97-40-16-28-17-41(55(40)101-65-56(54(86)53(85)42(22-78)99-65)100-44-21-66(4,70)57(87)24(3)96-44)98-39-11-8-27(15-33(39)68)52(84)50-63(93)75-48(64(94)95)31-18-29(79)19-37(81)45(31)30-13-25(6-9-36(30)80)46(60(90)77-50)74-61(91)47(28)73-59(89)35(20-43(69)82)72-62(49)92;1-3-9(7-13)11-5-6-12-10(4-2)8-14/h6-11,13-19,23-24,34-35,42,44,46-54,56-57,65,71,78-81,83-87H,12,20-22,70H2,1-5H3,(H2,69,82)(H,72,92)(H,73,89)(H,74,91)(H,75,93)(H,76,88)(H,77,90)(H,94,95);9-14H,3-8H2,1-2H3/t24?,34-,35+,42?,44?,46-,47?,48?,49?,50+,51-,52-,53?,54?,56?,57?,65?,66?;9-,10-/m10/s1. The van der Waals surface area contributed by atoms with Gasteiger partial charge in [-0.25, -0.2) is 4.79 Å². The third-order valence-electron chi connectivity index (χ3n) is 20.2. The molecule has 0 aromatic heterocycles. The van der Waals surface area contributed by atoms with Crippen molar-refractivity contribution in [3.05, 3.63) is 117 Å². The van der Waals surface area contributed by atoms with Crippen molar-refractivity contribution in [3.8, 4) is 57.1 Å². The highest BCUT2D eigenvalue weighted by atomic mass is 35.5. The van der Waals surface area contributed by atoms with E-state index in [1.807, 2.05) is 27.7 Å². The first-order valence-corrected chi connectivity index (χ1v) is 37.8. The Hall–Kier alpha value is -9.36. The molecule has 5 aromatic carbocycles. The van der Waals surface area contributed by atoms with Crippen molar-refractivity contribution in [2.24, 2.45) is 17.4 Å². The third kappa shape index (κ3) is 21.3. The first-order valence-electron chi connectivity index (χ1n) is 37.1. The number of likely N-dealkylation sites (N-methyl/N-ethyl adjacent to an activating group) is 1. The summed E-state index contributed by atoms with van der Waals surface area (Å²) in [6, 6.07) is -0.279. The van der Waals surface area contributed by atoms with Crippen LogP contribution in [0.3, 0.4) is 0 Å². The van der Waals surface area contributed by atoms with Crippen molar-refractivity contribution < 1.29 is 128 Å². The number of nitrogens with two attached hydrogens (primary N) is 2. The van der Waals surface area contributed by atoms with Gasteiger partial charge in [0.15, 0.2) is 29.9 Å². The van der Waals surface area contributed by atoms with Gasteiger partial charge in [0.2, 0.25) is 53.4 Å². The van der Waals surface area contributed by atoms with Crippen LogP contribution in [-0.4, -0.2) is 240 Å². The van der Waals surface area contributed by atoms with Gasteiger partial charge in [0.1, 0.15) is 89.5 Å². The number of aromatic hydroxyl groups is 3. The molecule has 2 fully saturated rings. The Kier molecular flexibility index (Phi) is 30.4. The molecule has 39 heteroatoms. The van der Waals surface area contributed by atoms with E-state index < -0.39 is 237 Å². The smallest absolute Gasteiger partial charge is 0.330 e. The van der Waals surface area contributed by atoms with Crippen LogP contribution in [0.4, 0.5) is 0 Å². The molecule has 12 unspecified atom stereocenters. The van der Waals surface area contributed by atoms with Gasteiger partial charge in [-0.3, -0.25) is 33.6 Å². The van der Waals surface area contributed by atoms with Crippen LogP contribution >= 0.6 is 23.2 Å². The maximum absolute atomic E-state index is 16.0. The van der Waals surface area contributed by atoms with Crippen molar-refractivity contribution in [3.63, 3.8) is 0 Å². The second-order valence-corrected chi connectivity index (χ2v) is 30.0. The molecule has 2 saturated heterocycles. The molecule has 7 heterocycles. The van der Waals surface area contributed by atoms with Crippen molar-refractivity contribution in [2.75, 3.05) is 40.0 Å². The summed E-state index contributed by atoms with van der Waals surface area (Å²) < 4.78 is 38.3. The second kappa shape index (κ2) is 39.1. The highest BCUT2D eigenvalue weighted by molar-refractivity contribution is 6.32. The van der Waals surface area contributed by atoms with Gasteiger partial charge < -0.3 is 149 Å². The molecule has 0 radical (unpaired) electrons. The number of nitrogens with one attached hydrogen (secondary N) is 9. The number of carboxylic acid groups (broad SMARTS) is 1. The molecular weight excluding hydrogens is 1550 g/mol. The largest absolute Gasteiger partial charge is 0.508 e. The van der Waals surface area contributed by atoms with E-state index in [0.717, 1.165) is 92.7 Å². The highest BCUT2D eigenvalue weighted by Crippen LogP contribution is 2.50. The van der Waals surface area contributed by atoms with E-state index in [4.69, 9.17) is 73.3 Å². The molecule has 7 amide bonds. The van der Waals surface area contributed by atoms with E-state index in [9.17, 15) is 75.0 Å². The molecular formula is C76H99Cl2N11O26. The summed E-state index contributed by atoms with van der Waals surface area (Å²) >= 11 is 14.1. The SMILES string of the molecule is CC[C@@H](CO)NCCN[C@@H](CC)CO.CN[C@H](CC(C)C)C(=O)NC1C(=O)N[C@@H](CC(N)=O)C(=O)NC2C(=O)N[C@H]3C(=O)N[C@H](C(=O)NC(C(=O)O)c4cc(O)cc(O)c4-c4cc3ccc4O)[C@H](O)c3ccc(c(Cl)c3)Oc3cc2cc(c3OC2OC(CO)C(O)C(O)C2OC2CC(C)(N)C(O)C(C)O2)Oc2ccc(cc2Cl)[C@H]1O. The van der Waals surface area contributed by atoms with Gasteiger partial charge in [-0.1, -0.05) is 69.1 Å². The quantitative estimate of drug-likeness (QED) is 0.0399. The highest BCUT2D eigenvalue weighted by Gasteiger charge is 2.52. The predicted octanol–water partition coefficient (Wildman–Crippen LogP) is -0.186. The number of halogens is 2. The molecule has 20 atom stereocenters. The zero-order valence-electron chi connectivity index (χ0n) is 63.6. The minimum Gasteiger partial charge on any atom is -0.508 e.